The number of carbonyl (C=O) groups excluding carboxylic acids is 2. The number of rotatable bonds is 4. The standard InChI is InChI=1S/C22H20Cl2N6O2/c23-18-6-5-15(13-19(18)24)20(31)27-16-3-1-4-17(14-16)28-22(32)30-11-9-29(10-12-30)21-25-7-2-8-26-21/h1-8,13-14H,9-12H2,(H,27,31)(H,28,32). The molecule has 4 rings (SSSR count). The van der Waals surface area contributed by atoms with E-state index in [0.29, 0.717) is 59.1 Å². The molecular formula is C22H20Cl2N6O2. The average molecular weight is 471 g/mol. The molecule has 164 valence electrons. The monoisotopic (exact) mass is 470 g/mol. The molecule has 0 atom stereocenters. The fourth-order valence-electron chi connectivity index (χ4n) is 3.28. The summed E-state index contributed by atoms with van der Waals surface area (Å²) in [5.74, 6) is 0.337. The molecule has 1 aliphatic rings. The number of aromatic nitrogens is 2. The number of benzene rings is 2. The minimum Gasteiger partial charge on any atom is -0.337 e. The molecule has 2 heterocycles. The number of halogens is 2. The third kappa shape index (κ3) is 5.27. The van der Waals surface area contributed by atoms with Crippen molar-refractivity contribution < 1.29 is 9.59 Å². The van der Waals surface area contributed by atoms with Crippen LogP contribution >= 0.6 is 23.2 Å². The highest BCUT2D eigenvalue weighted by Crippen LogP contribution is 2.23. The van der Waals surface area contributed by atoms with Gasteiger partial charge in [0.25, 0.3) is 5.91 Å². The number of piperazine rings is 1. The largest absolute Gasteiger partial charge is 0.337 e. The van der Waals surface area contributed by atoms with E-state index in [4.69, 9.17) is 23.2 Å². The highest BCUT2D eigenvalue weighted by molar-refractivity contribution is 6.42. The Morgan fingerprint density at radius 3 is 2.19 bits per heavy atom. The lowest BCUT2D eigenvalue weighted by molar-refractivity contribution is 0.102. The molecule has 8 nitrogen and oxygen atoms in total. The Bertz CT molecular complexity index is 1120. The molecule has 1 saturated heterocycles. The summed E-state index contributed by atoms with van der Waals surface area (Å²) < 4.78 is 0. The molecule has 3 amide bonds. The maximum atomic E-state index is 12.7. The van der Waals surface area contributed by atoms with Gasteiger partial charge in [-0.3, -0.25) is 4.79 Å². The van der Waals surface area contributed by atoms with Crippen molar-refractivity contribution in [3.63, 3.8) is 0 Å². The van der Waals surface area contributed by atoms with Crippen LogP contribution in [0, 0.1) is 0 Å². The van der Waals surface area contributed by atoms with Crippen molar-refractivity contribution in [1.29, 1.82) is 0 Å². The van der Waals surface area contributed by atoms with Gasteiger partial charge in [-0.15, -0.1) is 0 Å². The van der Waals surface area contributed by atoms with Crippen molar-refractivity contribution in [2.24, 2.45) is 0 Å². The number of nitrogens with zero attached hydrogens (tertiary/aromatic N) is 4. The quantitative estimate of drug-likeness (QED) is 0.589. The van der Waals surface area contributed by atoms with Gasteiger partial charge in [-0.2, -0.15) is 0 Å². The molecule has 1 fully saturated rings. The van der Waals surface area contributed by atoms with E-state index in [1.807, 2.05) is 4.90 Å². The first-order valence-electron chi connectivity index (χ1n) is 9.94. The van der Waals surface area contributed by atoms with Crippen molar-refractivity contribution >= 4 is 52.5 Å². The smallest absolute Gasteiger partial charge is 0.321 e. The lowest BCUT2D eigenvalue weighted by atomic mass is 10.2. The summed E-state index contributed by atoms with van der Waals surface area (Å²) in [4.78, 5) is 37.5. The molecule has 1 aliphatic heterocycles. The van der Waals surface area contributed by atoms with Gasteiger partial charge in [-0.1, -0.05) is 29.3 Å². The molecule has 0 saturated carbocycles. The van der Waals surface area contributed by atoms with Gasteiger partial charge in [0, 0.05) is 55.5 Å². The molecule has 0 bridgehead atoms. The normalized spacial score (nSPS) is 13.6. The van der Waals surface area contributed by atoms with Crippen LogP contribution in [0.1, 0.15) is 10.4 Å². The topological polar surface area (TPSA) is 90.5 Å². The summed E-state index contributed by atoms with van der Waals surface area (Å²) >= 11 is 11.9. The molecule has 0 aliphatic carbocycles. The summed E-state index contributed by atoms with van der Waals surface area (Å²) in [5, 5.41) is 6.36. The Labute approximate surface area is 195 Å². The van der Waals surface area contributed by atoms with Gasteiger partial charge in [0.15, 0.2) is 0 Å². The van der Waals surface area contributed by atoms with Gasteiger partial charge in [-0.05, 0) is 42.5 Å². The zero-order chi connectivity index (χ0) is 22.5. The second-order valence-electron chi connectivity index (χ2n) is 7.12. The van der Waals surface area contributed by atoms with Crippen LogP contribution in [0.3, 0.4) is 0 Å². The van der Waals surface area contributed by atoms with Crippen LogP contribution in [-0.4, -0.2) is 53.0 Å². The first-order chi connectivity index (χ1) is 15.5. The molecular weight excluding hydrogens is 451 g/mol. The Kier molecular flexibility index (Phi) is 6.72. The molecule has 2 aromatic carbocycles. The van der Waals surface area contributed by atoms with Gasteiger partial charge in [0.05, 0.1) is 10.0 Å². The van der Waals surface area contributed by atoms with Crippen LogP contribution in [0.15, 0.2) is 60.9 Å². The van der Waals surface area contributed by atoms with Crippen LogP contribution < -0.4 is 15.5 Å². The molecule has 10 heteroatoms. The molecule has 3 aromatic rings. The van der Waals surface area contributed by atoms with E-state index in [2.05, 4.69) is 20.6 Å². The van der Waals surface area contributed by atoms with Gasteiger partial charge in [0.2, 0.25) is 5.95 Å². The molecule has 0 spiro atoms. The number of hydrogen-bond donors (Lipinski definition) is 2. The summed E-state index contributed by atoms with van der Waals surface area (Å²) in [5.41, 5.74) is 1.51. The lowest BCUT2D eigenvalue weighted by Gasteiger charge is -2.34. The average Bonchev–Trinajstić information content (AvgIpc) is 2.81. The fraction of sp³-hybridized carbons (Fsp3) is 0.182. The maximum absolute atomic E-state index is 12.7. The minimum atomic E-state index is -0.328. The van der Waals surface area contributed by atoms with Crippen LogP contribution in [-0.2, 0) is 0 Å². The van der Waals surface area contributed by atoms with E-state index in [0.717, 1.165) is 0 Å². The summed E-state index contributed by atoms with van der Waals surface area (Å²) in [6.45, 7) is 2.41. The summed E-state index contributed by atoms with van der Waals surface area (Å²) in [6.07, 6.45) is 3.41. The maximum Gasteiger partial charge on any atom is 0.321 e. The molecule has 32 heavy (non-hydrogen) atoms. The highest BCUT2D eigenvalue weighted by Gasteiger charge is 2.22. The Balaban J connectivity index is 1.34. The first-order valence-corrected chi connectivity index (χ1v) is 10.7. The lowest BCUT2D eigenvalue weighted by Crippen LogP contribution is -2.50. The molecule has 2 N–H and O–H groups in total. The van der Waals surface area contributed by atoms with E-state index in [-0.39, 0.29) is 11.9 Å². The van der Waals surface area contributed by atoms with Gasteiger partial charge < -0.3 is 20.4 Å². The second kappa shape index (κ2) is 9.84. The van der Waals surface area contributed by atoms with E-state index >= 15 is 0 Å². The zero-order valence-corrected chi connectivity index (χ0v) is 18.5. The van der Waals surface area contributed by atoms with Crippen molar-refractivity contribution in [3.05, 3.63) is 76.5 Å². The van der Waals surface area contributed by atoms with E-state index in [1.165, 1.54) is 6.07 Å². The number of amides is 3. The van der Waals surface area contributed by atoms with E-state index in [9.17, 15) is 9.59 Å². The Hall–Kier alpha value is -3.36. The summed E-state index contributed by atoms with van der Waals surface area (Å²) in [6, 6.07) is 13.2. The van der Waals surface area contributed by atoms with E-state index < -0.39 is 0 Å². The zero-order valence-electron chi connectivity index (χ0n) is 17.0. The van der Waals surface area contributed by atoms with Crippen LogP contribution in [0.2, 0.25) is 10.0 Å². The second-order valence-corrected chi connectivity index (χ2v) is 7.93. The van der Waals surface area contributed by atoms with E-state index in [1.54, 1.807) is 59.8 Å². The number of urea groups is 1. The van der Waals surface area contributed by atoms with Crippen molar-refractivity contribution in [2.75, 3.05) is 41.7 Å². The van der Waals surface area contributed by atoms with Crippen LogP contribution in [0.4, 0.5) is 22.1 Å². The van der Waals surface area contributed by atoms with Crippen LogP contribution in [0.25, 0.3) is 0 Å². The number of anilines is 3. The molecule has 0 radical (unpaired) electrons. The van der Waals surface area contributed by atoms with Crippen molar-refractivity contribution in [3.8, 4) is 0 Å². The van der Waals surface area contributed by atoms with Crippen molar-refractivity contribution in [2.45, 2.75) is 0 Å². The predicted molar refractivity (Wildman–Crippen MR) is 126 cm³/mol. The number of nitrogens with one attached hydrogen (secondary N) is 2. The van der Waals surface area contributed by atoms with Gasteiger partial charge in [0.1, 0.15) is 0 Å². The predicted octanol–water partition coefficient (Wildman–Crippen LogP) is 4.39. The molecule has 1 aromatic heterocycles. The van der Waals surface area contributed by atoms with Crippen LogP contribution in [0.5, 0.6) is 0 Å². The summed E-state index contributed by atoms with van der Waals surface area (Å²) in [7, 11) is 0. The first kappa shape index (κ1) is 21.9. The SMILES string of the molecule is O=C(Nc1cccc(NC(=O)N2CCN(c3ncccn3)CC2)c1)c1ccc(Cl)c(Cl)c1. The number of hydrogen-bond acceptors (Lipinski definition) is 5. The Morgan fingerprint density at radius 1 is 0.812 bits per heavy atom. The third-order valence-corrected chi connectivity index (χ3v) is 5.69. The Morgan fingerprint density at radius 2 is 1.50 bits per heavy atom. The van der Waals surface area contributed by atoms with Gasteiger partial charge >= 0.3 is 6.03 Å². The minimum absolute atomic E-state index is 0.202. The third-order valence-electron chi connectivity index (χ3n) is 4.96. The fourth-order valence-corrected chi connectivity index (χ4v) is 3.58. The van der Waals surface area contributed by atoms with Crippen molar-refractivity contribution in [1.82, 2.24) is 14.9 Å². The van der Waals surface area contributed by atoms with Gasteiger partial charge in [-0.25, -0.2) is 14.8 Å². The highest BCUT2D eigenvalue weighted by atomic mass is 35.5. The molecule has 0 unspecified atom stereocenters. The number of carbonyl (C=O) groups is 2.